The maximum Gasteiger partial charge on any atom is 0.387 e. The van der Waals surface area contributed by atoms with E-state index in [0.717, 1.165) is 18.2 Å². The number of urea groups is 1. The summed E-state index contributed by atoms with van der Waals surface area (Å²) in [6, 6.07) is 2.62. The Morgan fingerprint density at radius 1 is 1.15 bits per heavy atom. The molecule has 0 aliphatic heterocycles. The number of hydrogen-bond acceptors (Lipinski definition) is 7. The number of amides is 3. The van der Waals surface area contributed by atoms with E-state index in [0.29, 0.717) is 0 Å². The lowest BCUT2D eigenvalue weighted by molar-refractivity contribution is -0.123. The Kier molecular flexibility index (Phi) is 8.78. The highest BCUT2D eigenvalue weighted by Gasteiger charge is 2.16. The Bertz CT molecular complexity index is 640. The van der Waals surface area contributed by atoms with Crippen molar-refractivity contribution < 1.29 is 42.1 Å². The lowest BCUT2D eigenvalue weighted by atomic mass is 10.2. The van der Waals surface area contributed by atoms with Gasteiger partial charge in [0.25, 0.3) is 5.91 Å². The van der Waals surface area contributed by atoms with Gasteiger partial charge in [-0.25, -0.2) is 9.59 Å². The molecule has 11 heteroatoms. The van der Waals surface area contributed by atoms with Crippen molar-refractivity contribution in [1.82, 2.24) is 10.6 Å². The van der Waals surface area contributed by atoms with Gasteiger partial charge in [0.1, 0.15) is 0 Å². The second-order valence-electron chi connectivity index (χ2n) is 4.62. The van der Waals surface area contributed by atoms with Crippen molar-refractivity contribution in [1.29, 1.82) is 0 Å². The predicted molar refractivity (Wildman–Crippen MR) is 83.3 cm³/mol. The SMILES string of the molecule is COCCNC(=O)NC(=O)COC(=O)c1ccc(OC(F)F)c(OC)c1. The first-order valence-corrected chi connectivity index (χ1v) is 7.24. The first kappa shape index (κ1) is 21.1. The highest BCUT2D eigenvalue weighted by atomic mass is 19.3. The standard InChI is InChI=1S/C15H18F2N2O7/c1-23-6-5-18-15(22)19-12(20)8-25-13(21)9-3-4-10(26-14(16)17)11(7-9)24-2/h3-4,7,14H,5-6,8H2,1-2H3,(H2,18,19,20,22). The largest absolute Gasteiger partial charge is 0.493 e. The second-order valence-corrected chi connectivity index (χ2v) is 4.62. The molecule has 9 nitrogen and oxygen atoms in total. The number of nitrogens with one attached hydrogen (secondary N) is 2. The van der Waals surface area contributed by atoms with Gasteiger partial charge in [0, 0.05) is 13.7 Å². The summed E-state index contributed by atoms with van der Waals surface area (Å²) in [6.07, 6.45) is 0. The quantitative estimate of drug-likeness (QED) is 0.487. The van der Waals surface area contributed by atoms with Crippen LogP contribution >= 0.6 is 0 Å². The van der Waals surface area contributed by atoms with Gasteiger partial charge >= 0.3 is 18.6 Å². The van der Waals surface area contributed by atoms with Crippen LogP contribution in [0.3, 0.4) is 0 Å². The zero-order valence-corrected chi connectivity index (χ0v) is 14.0. The van der Waals surface area contributed by atoms with Crippen molar-refractivity contribution in [2.45, 2.75) is 6.61 Å². The Morgan fingerprint density at radius 2 is 1.88 bits per heavy atom. The van der Waals surface area contributed by atoms with Crippen LogP contribution in [-0.2, 0) is 14.3 Å². The van der Waals surface area contributed by atoms with E-state index in [1.807, 2.05) is 5.32 Å². The van der Waals surface area contributed by atoms with Gasteiger partial charge in [0.2, 0.25) is 0 Å². The zero-order valence-electron chi connectivity index (χ0n) is 14.0. The number of hydrogen-bond donors (Lipinski definition) is 2. The fraction of sp³-hybridized carbons (Fsp3) is 0.400. The number of carbonyl (C=O) groups is 3. The highest BCUT2D eigenvalue weighted by molar-refractivity contribution is 5.97. The molecule has 0 bridgehead atoms. The minimum atomic E-state index is -3.06. The number of imide groups is 1. The number of benzene rings is 1. The number of methoxy groups -OCH3 is 2. The fourth-order valence-corrected chi connectivity index (χ4v) is 1.68. The summed E-state index contributed by atoms with van der Waals surface area (Å²) in [5.74, 6) is -2.13. The maximum absolute atomic E-state index is 12.3. The Balaban J connectivity index is 2.54. The molecule has 1 aromatic rings. The minimum absolute atomic E-state index is 0.0548. The van der Waals surface area contributed by atoms with Crippen LogP contribution in [0.1, 0.15) is 10.4 Å². The normalized spacial score (nSPS) is 10.2. The van der Waals surface area contributed by atoms with Gasteiger partial charge < -0.3 is 24.3 Å². The number of ether oxygens (including phenoxy) is 4. The van der Waals surface area contributed by atoms with E-state index in [2.05, 4.69) is 10.1 Å². The molecule has 0 saturated heterocycles. The summed E-state index contributed by atoms with van der Waals surface area (Å²) in [7, 11) is 2.66. The van der Waals surface area contributed by atoms with Crippen LogP contribution in [0.4, 0.5) is 13.6 Å². The van der Waals surface area contributed by atoms with Gasteiger partial charge in [-0.15, -0.1) is 0 Å². The fourth-order valence-electron chi connectivity index (χ4n) is 1.68. The Morgan fingerprint density at radius 3 is 2.50 bits per heavy atom. The molecule has 3 amide bonds. The van der Waals surface area contributed by atoms with Gasteiger partial charge in [0.15, 0.2) is 18.1 Å². The van der Waals surface area contributed by atoms with E-state index in [-0.39, 0.29) is 30.2 Å². The van der Waals surface area contributed by atoms with Crippen LogP contribution < -0.4 is 20.1 Å². The molecule has 0 aliphatic rings. The van der Waals surface area contributed by atoms with Crippen LogP contribution in [-0.4, -0.2) is 58.5 Å². The third-order valence-corrected chi connectivity index (χ3v) is 2.79. The second kappa shape index (κ2) is 10.8. The van der Waals surface area contributed by atoms with Crippen LogP contribution in [0.2, 0.25) is 0 Å². The number of esters is 1. The average Bonchev–Trinajstić information content (AvgIpc) is 2.59. The summed E-state index contributed by atoms with van der Waals surface area (Å²) in [4.78, 5) is 34.7. The predicted octanol–water partition coefficient (Wildman–Crippen LogP) is 0.926. The number of halogens is 2. The molecule has 0 saturated carbocycles. The van der Waals surface area contributed by atoms with E-state index < -0.39 is 31.1 Å². The molecular formula is C15H18F2N2O7. The molecule has 26 heavy (non-hydrogen) atoms. The van der Waals surface area contributed by atoms with Gasteiger partial charge in [0.05, 0.1) is 19.3 Å². The van der Waals surface area contributed by atoms with Gasteiger partial charge in [-0.05, 0) is 18.2 Å². The monoisotopic (exact) mass is 376 g/mol. The van der Waals surface area contributed by atoms with Crippen molar-refractivity contribution in [2.75, 3.05) is 34.0 Å². The minimum Gasteiger partial charge on any atom is -0.493 e. The average molecular weight is 376 g/mol. The smallest absolute Gasteiger partial charge is 0.387 e. The van der Waals surface area contributed by atoms with E-state index in [4.69, 9.17) is 14.2 Å². The molecule has 0 aliphatic carbocycles. The molecule has 0 fully saturated rings. The maximum atomic E-state index is 12.3. The highest BCUT2D eigenvalue weighted by Crippen LogP contribution is 2.29. The molecule has 0 atom stereocenters. The summed E-state index contributed by atoms with van der Waals surface area (Å²) in [6.45, 7) is -3.31. The van der Waals surface area contributed by atoms with Gasteiger partial charge in [-0.3, -0.25) is 10.1 Å². The zero-order chi connectivity index (χ0) is 19.5. The lowest BCUT2D eigenvalue weighted by Crippen LogP contribution is -2.42. The Hall–Kier alpha value is -2.95. The lowest BCUT2D eigenvalue weighted by Gasteiger charge is -2.11. The van der Waals surface area contributed by atoms with Crippen molar-refractivity contribution in [3.05, 3.63) is 23.8 Å². The summed E-state index contributed by atoms with van der Waals surface area (Å²) < 4.78 is 43.0. The molecule has 1 aromatic carbocycles. The van der Waals surface area contributed by atoms with Gasteiger partial charge in [-0.1, -0.05) is 0 Å². The summed E-state index contributed by atoms with van der Waals surface area (Å²) in [5, 5.41) is 4.29. The van der Waals surface area contributed by atoms with Crippen molar-refractivity contribution in [3.63, 3.8) is 0 Å². The number of alkyl halides is 2. The molecule has 0 aromatic heterocycles. The van der Waals surface area contributed by atoms with Crippen LogP contribution in [0.25, 0.3) is 0 Å². The molecule has 0 unspecified atom stereocenters. The van der Waals surface area contributed by atoms with Crippen molar-refractivity contribution >= 4 is 17.9 Å². The summed E-state index contributed by atoms with van der Waals surface area (Å²) in [5.41, 5.74) is -0.0548. The first-order chi connectivity index (χ1) is 12.4. The van der Waals surface area contributed by atoms with Crippen molar-refractivity contribution in [3.8, 4) is 11.5 Å². The third kappa shape index (κ3) is 7.30. The van der Waals surface area contributed by atoms with Crippen LogP contribution in [0.15, 0.2) is 18.2 Å². The number of carbonyl (C=O) groups excluding carboxylic acids is 3. The molecule has 0 spiro atoms. The molecule has 1 rings (SSSR count). The van der Waals surface area contributed by atoms with E-state index in [1.54, 1.807) is 0 Å². The topological polar surface area (TPSA) is 112 Å². The molecule has 144 valence electrons. The Labute approximate surface area is 147 Å². The van der Waals surface area contributed by atoms with Crippen molar-refractivity contribution in [2.24, 2.45) is 0 Å². The number of rotatable bonds is 9. The van der Waals surface area contributed by atoms with E-state index in [9.17, 15) is 23.2 Å². The molecule has 0 heterocycles. The van der Waals surface area contributed by atoms with E-state index in [1.165, 1.54) is 14.2 Å². The van der Waals surface area contributed by atoms with Crippen LogP contribution in [0.5, 0.6) is 11.5 Å². The van der Waals surface area contributed by atoms with Crippen LogP contribution in [0, 0.1) is 0 Å². The first-order valence-electron chi connectivity index (χ1n) is 7.24. The van der Waals surface area contributed by atoms with Gasteiger partial charge in [-0.2, -0.15) is 8.78 Å². The molecular weight excluding hydrogens is 358 g/mol. The molecule has 0 radical (unpaired) electrons. The summed E-state index contributed by atoms with van der Waals surface area (Å²) >= 11 is 0. The molecule has 2 N–H and O–H groups in total. The third-order valence-electron chi connectivity index (χ3n) is 2.79. The van der Waals surface area contributed by atoms with E-state index >= 15 is 0 Å².